The lowest BCUT2D eigenvalue weighted by molar-refractivity contribution is -0.143. The van der Waals surface area contributed by atoms with E-state index in [0.29, 0.717) is 12.3 Å². The Hall–Kier alpha value is -1.84. The first kappa shape index (κ1) is 20.2. The molecule has 0 heterocycles. The molecule has 134 valence electrons. The van der Waals surface area contributed by atoms with Crippen LogP contribution < -0.4 is 0 Å². The molecule has 0 bridgehead atoms. The Bertz CT molecular complexity index is 507. The lowest BCUT2D eigenvalue weighted by atomic mass is 9.90. The van der Waals surface area contributed by atoms with Crippen molar-refractivity contribution in [2.24, 2.45) is 11.8 Å². The number of aryl methyl sites for hydroxylation is 2. The van der Waals surface area contributed by atoms with Crippen molar-refractivity contribution in [3.05, 3.63) is 35.4 Å². The summed E-state index contributed by atoms with van der Waals surface area (Å²) in [5, 5.41) is 17.9. The minimum absolute atomic E-state index is 0.0740. The molecule has 0 radical (unpaired) electrons. The zero-order chi connectivity index (χ0) is 17.9. The summed E-state index contributed by atoms with van der Waals surface area (Å²) in [5.41, 5.74) is 2.69. The molecule has 0 saturated heterocycles. The highest BCUT2D eigenvalue weighted by molar-refractivity contribution is 5.72. The van der Waals surface area contributed by atoms with Gasteiger partial charge in [-0.2, -0.15) is 0 Å². The van der Waals surface area contributed by atoms with Gasteiger partial charge in [-0.1, -0.05) is 44.5 Å². The van der Waals surface area contributed by atoms with E-state index >= 15 is 0 Å². The normalized spacial score (nSPS) is 13.4. The molecule has 0 fully saturated rings. The van der Waals surface area contributed by atoms with Crippen LogP contribution in [-0.2, 0) is 22.4 Å². The van der Waals surface area contributed by atoms with Gasteiger partial charge in [0.15, 0.2) is 0 Å². The lowest BCUT2D eigenvalue weighted by Crippen LogP contribution is -2.16. The number of aliphatic carboxylic acids is 2. The fourth-order valence-electron chi connectivity index (χ4n) is 2.89. The minimum atomic E-state index is -0.930. The Morgan fingerprint density at radius 3 is 2.00 bits per heavy atom. The predicted molar refractivity (Wildman–Crippen MR) is 95.2 cm³/mol. The van der Waals surface area contributed by atoms with Gasteiger partial charge in [0, 0.05) is 6.42 Å². The first-order valence-corrected chi connectivity index (χ1v) is 8.94. The van der Waals surface area contributed by atoms with Crippen LogP contribution >= 0.6 is 0 Å². The average Bonchev–Trinajstić information content (AvgIpc) is 2.53. The van der Waals surface area contributed by atoms with Gasteiger partial charge in [-0.3, -0.25) is 9.59 Å². The summed E-state index contributed by atoms with van der Waals surface area (Å²) in [7, 11) is 0. The summed E-state index contributed by atoms with van der Waals surface area (Å²) >= 11 is 0. The van der Waals surface area contributed by atoms with E-state index in [9.17, 15) is 14.7 Å². The standard InChI is InChI=1S/C20H30O4/c1-3-4-16-8-10-17(11-9-16)7-5-15(2)6-12-18(20(23)24)13-14-19(21)22/h8-11,15,18H,3-7,12-14H2,1-2H3,(H,21,22)(H,23,24)/t15?,18-/m1/s1. The van der Waals surface area contributed by atoms with Crippen LogP contribution in [0.5, 0.6) is 0 Å². The van der Waals surface area contributed by atoms with Gasteiger partial charge in [-0.15, -0.1) is 0 Å². The lowest BCUT2D eigenvalue weighted by Gasteiger charge is -2.15. The Morgan fingerprint density at radius 2 is 1.50 bits per heavy atom. The largest absolute Gasteiger partial charge is 0.481 e. The molecule has 0 aliphatic carbocycles. The quantitative estimate of drug-likeness (QED) is 0.588. The van der Waals surface area contributed by atoms with Crippen LogP contribution in [0.25, 0.3) is 0 Å². The van der Waals surface area contributed by atoms with Gasteiger partial charge in [0.1, 0.15) is 0 Å². The van der Waals surface area contributed by atoms with Gasteiger partial charge in [0.05, 0.1) is 5.92 Å². The smallest absolute Gasteiger partial charge is 0.306 e. The molecule has 4 heteroatoms. The molecule has 1 aromatic rings. The van der Waals surface area contributed by atoms with Crippen LogP contribution in [0.1, 0.15) is 63.5 Å². The molecular formula is C20H30O4. The molecule has 1 rings (SSSR count). The Kier molecular flexibility index (Phi) is 9.13. The number of carboxylic acid groups (broad SMARTS) is 2. The molecule has 24 heavy (non-hydrogen) atoms. The first-order valence-electron chi connectivity index (χ1n) is 8.94. The molecular weight excluding hydrogens is 304 g/mol. The van der Waals surface area contributed by atoms with E-state index in [2.05, 4.69) is 38.1 Å². The van der Waals surface area contributed by atoms with E-state index < -0.39 is 17.9 Å². The van der Waals surface area contributed by atoms with Crippen LogP contribution in [0.3, 0.4) is 0 Å². The van der Waals surface area contributed by atoms with Crippen LogP contribution in [0.15, 0.2) is 24.3 Å². The number of hydrogen-bond donors (Lipinski definition) is 2. The number of carboxylic acids is 2. The van der Waals surface area contributed by atoms with Gasteiger partial charge >= 0.3 is 11.9 Å². The van der Waals surface area contributed by atoms with Gasteiger partial charge < -0.3 is 10.2 Å². The van der Waals surface area contributed by atoms with Gasteiger partial charge in [0.2, 0.25) is 0 Å². The average molecular weight is 334 g/mol. The van der Waals surface area contributed by atoms with Gasteiger partial charge in [0.25, 0.3) is 0 Å². The van der Waals surface area contributed by atoms with Crippen molar-refractivity contribution in [3.63, 3.8) is 0 Å². The summed E-state index contributed by atoms with van der Waals surface area (Å²) in [6, 6.07) is 8.75. The molecule has 1 unspecified atom stereocenters. The van der Waals surface area contributed by atoms with Crippen molar-refractivity contribution in [2.45, 2.75) is 65.2 Å². The second-order valence-electron chi connectivity index (χ2n) is 6.76. The number of hydrogen-bond acceptors (Lipinski definition) is 2. The SMILES string of the molecule is CCCc1ccc(CCC(C)CC[C@H](CCC(=O)O)C(=O)O)cc1. The minimum Gasteiger partial charge on any atom is -0.481 e. The zero-order valence-corrected chi connectivity index (χ0v) is 14.8. The van der Waals surface area contributed by atoms with E-state index in [1.807, 2.05) is 0 Å². The second kappa shape index (κ2) is 10.8. The van der Waals surface area contributed by atoms with Crippen molar-refractivity contribution >= 4 is 11.9 Å². The summed E-state index contributed by atoms with van der Waals surface area (Å²) in [4.78, 5) is 21.8. The molecule has 0 aromatic heterocycles. The summed E-state index contributed by atoms with van der Waals surface area (Å²) in [6.45, 7) is 4.32. The third-order valence-corrected chi connectivity index (χ3v) is 4.55. The summed E-state index contributed by atoms with van der Waals surface area (Å²) in [5.74, 6) is -1.92. The third-order valence-electron chi connectivity index (χ3n) is 4.55. The van der Waals surface area contributed by atoms with Crippen LogP contribution in [0.2, 0.25) is 0 Å². The molecule has 0 saturated carbocycles. The highest BCUT2D eigenvalue weighted by Gasteiger charge is 2.19. The Labute approximate surface area is 144 Å². The van der Waals surface area contributed by atoms with Crippen molar-refractivity contribution in [1.82, 2.24) is 0 Å². The van der Waals surface area contributed by atoms with Gasteiger partial charge in [-0.05, 0) is 55.6 Å². The molecule has 2 atom stereocenters. The fourth-order valence-corrected chi connectivity index (χ4v) is 2.89. The van der Waals surface area contributed by atoms with Crippen molar-refractivity contribution in [2.75, 3.05) is 0 Å². The fraction of sp³-hybridized carbons (Fsp3) is 0.600. The second-order valence-corrected chi connectivity index (χ2v) is 6.76. The maximum absolute atomic E-state index is 11.2. The van der Waals surface area contributed by atoms with E-state index in [-0.39, 0.29) is 12.8 Å². The molecule has 4 nitrogen and oxygen atoms in total. The maximum Gasteiger partial charge on any atom is 0.306 e. The molecule has 0 amide bonds. The molecule has 2 N–H and O–H groups in total. The number of benzene rings is 1. The number of carbonyl (C=O) groups is 2. The molecule has 1 aromatic carbocycles. The highest BCUT2D eigenvalue weighted by atomic mass is 16.4. The van der Waals surface area contributed by atoms with E-state index in [4.69, 9.17) is 5.11 Å². The summed E-state index contributed by atoms with van der Waals surface area (Å²) < 4.78 is 0. The van der Waals surface area contributed by atoms with Crippen LogP contribution in [0, 0.1) is 11.8 Å². The Morgan fingerprint density at radius 1 is 0.917 bits per heavy atom. The van der Waals surface area contributed by atoms with Crippen molar-refractivity contribution in [3.8, 4) is 0 Å². The van der Waals surface area contributed by atoms with E-state index in [1.54, 1.807) is 0 Å². The molecule has 0 spiro atoms. The van der Waals surface area contributed by atoms with Gasteiger partial charge in [-0.25, -0.2) is 0 Å². The maximum atomic E-state index is 11.2. The van der Waals surface area contributed by atoms with Crippen LogP contribution in [-0.4, -0.2) is 22.2 Å². The Balaban J connectivity index is 2.35. The van der Waals surface area contributed by atoms with E-state index in [1.165, 1.54) is 11.1 Å². The van der Waals surface area contributed by atoms with Crippen molar-refractivity contribution in [1.29, 1.82) is 0 Å². The molecule has 0 aliphatic rings. The predicted octanol–water partition coefficient (Wildman–Crippen LogP) is 4.55. The number of rotatable bonds is 12. The van der Waals surface area contributed by atoms with E-state index in [0.717, 1.165) is 32.1 Å². The van der Waals surface area contributed by atoms with Crippen LogP contribution in [0.4, 0.5) is 0 Å². The third kappa shape index (κ3) is 8.14. The highest BCUT2D eigenvalue weighted by Crippen LogP contribution is 2.21. The summed E-state index contributed by atoms with van der Waals surface area (Å²) in [6.07, 6.45) is 5.82. The molecule has 0 aliphatic heterocycles. The monoisotopic (exact) mass is 334 g/mol. The zero-order valence-electron chi connectivity index (χ0n) is 14.8. The topological polar surface area (TPSA) is 74.6 Å². The first-order chi connectivity index (χ1) is 11.4. The van der Waals surface area contributed by atoms with Crippen molar-refractivity contribution < 1.29 is 19.8 Å².